The quantitative estimate of drug-likeness (QED) is 0.840. The van der Waals surface area contributed by atoms with Gasteiger partial charge in [-0.3, -0.25) is 4.98 Å². The fraction of sp³-hybridized carbons (Fsp3) is 0.471. The van der Waals surface area contributed by atoms with Gasteiger partial charge in [-0.1, -0.05) is 20.3 Å². The van der Waals surface area contributed by atoms with Gasteiger partial charge in [-0.05, 0) is 31.9 Å². The third-order valence-electron chi connectivity index (χ3n) is 3.93. The molecular weight excluding hydrogens is 260 g/mol. The van der Waals surface area contributed by atoms with E-state index in [2.05, 4.69) is 42.7 Å². The second kappa shape index (κ2) is 6.66. The fourth-order valence-corrected chi connectivity index (χ4v) is 2.29. The van der Waals surface area contributed by atoms with Crippen LogP contribution in [0, 0.1) is 19.8 Å². The van der Waals surface area contributed by atoms with Crippen molar-refractivity contribution in [2.75, 3.05) is 18.5 Å². The third-order valence-corrected chi connectivity index (χ3v) is 3.93. The first kappa shape index (κ1) is 15.4. The molecule has 2 heterocycles. The minimum atomic E-state index is 0.645. The molecule has 0 aliphatic carbocycles. The summed E-state index contributed by atoms with van der Waals surface area (Å²) in [5, 5.41) is 0. The van der Waals surface area contributed by atoms with E-state index in [1.54, 1.807) is 6.20 Å². The van der Waals surface area contributed by atoms with E-state index < -0.39 is 0 Å². The Morgan fingerprint density at radius 2 is 2.00 bits per heavy atom. The Kier molecular flexibility index (Phi) is 4.89. The van der Waals surface area contributed by atoms with Crippen molar-refractivity contribution in [3.05, 3.63) is 35.8 Å². The van der Waals surface area contributed by atoms with Crippen LogP contribution in [0.15, 0.2) is 24.5 Å². The molecule has 2 aromatic heterocycles. The Morgan fingerprint density at radius 1 is 1.24 bits per heavy atom. The molecule has 2 aromatic rings. The molecule has 0 amide bonds. The summed E-state index contributed by atoms with van der Waals surface area (Å²) in [6, 6.07) is 3.91. The zero-order valence-electron chi connectivity index (χ0n) is 13.6. The standard InChI is InChI=1S/C17H24N4/c1-6-12(2)11-21(5)17-13(3)14(4)19-16(20-17)15-8-7-9-18-10-15/h7-10,12H,6,11H2,1-5H3. The summed E-state index contributed by atoms with van der Waals surface area (Å²) < 4.78 is 0. The van der Waals surface area contributed by atoms with Crippen LogP contribution in [0.4, 0.5) is 5.82 Å². The zero-order chi connectivity index (χ0) is 15.4. The zero-order valence-corrected chi connectivity index (χ0v) is 13.6. The summed E-state index contributed by atoms with van der Waals surface area (Å²) >= 11 is 0. The van der Waals surface area contributed by atoms with Crippen molar-refractivity contribution in [1.29, 1.82) is 0 Å². The lowest BCUT2D eigenvalue weighted by Gasteiger charge is -2.24. The number of aryl methyl sites for hydroxylation is 1. The molecule has 0 saturated carbocycles. The predicted octanol–water partition coefficient (Wildman–Crippen LogP) is 3.64. The van der Waals surface area contributed by atoms with Crippen molar-refractivity contribution < 1.29 is 0 Å². The largest absolute Gasteiger partial charge is 0.359 e. The van der Waals surface area contributed by atoms with Gasteiger partial charge in [-0.25, -0.2) is 9.97 Å². The molecule has 0 bridgehead atoms. The molecule has 0 aromatic carbocycles. The Hall–Kier alpha value is -1.97. The minimum Gasteiger partial charge on any atom is -0.359 e. The van der Waals surface area contributed by atoms with E-state index in [4.69, 9.17) is 4.98 Å². The first-order chi connectivity index (χ1) is 10.0. The van der Waals surface area contributed by atoms with Gasteiger partial charge in [0.1, 0.15) is 5.82 Å². The van der Waals surface area contributed by atoms with Crippen LogP contribution in [-0.4, -0.2) is 28.5 Å². The van der Waals surface area contributed by atoms with Crippen LogP contribution in [0.5, 0.6) is 0 Å². The molecule has 0 fully saturated rings. The van der Waals surface area contributed by atoms with Crippen LogP contribution < -0.4 is 4.90 Å². The SMILES string of the molecule is CCC(C)CN(C)c1nc(-c2cccnc2)nc(C)c1C. The number of pyridine rings is 1. The Bertz CT molecular complexity index is 595. The van der Waals surface area contributed by atoms with Gasteiger partial charge in [0.15, 0.2) is 5.82 Å². The lowest BCUT2D eigenvalue weighted by molar-refractivity contribution is 0.557. The molecular formula is C17H24N4. The fourth-order valence-electron chi connectivity index (χ4n) is 2.29. The molecule has 4 heteroatoms. The first-order valence-electron chi connectivity index (χ1n) is 7.49. The average molecular weight is 284 g/mol. The van der Waals surface area contributed by atoms with Crippen LogP contribution >= 0.6 is 0 Å². The number of nitrogens with zero attached hydrogens (tertiary/aromatic N) is 4. The average Bonchev–Trinajstić information content (AvgIpc) is 2.50. The van der Waals surface area contributed by atoms with Crippen molar-refractivity contribution in [3.8, 4) is 11.4 Å². The van der Waals surface area contributed by atoms with Gasteiger partial charge in [-0.2, -0.15) is 0 Å². The maximum Gasteiger partial charge on any atom is 0.163 e. The normalized spacial score (nSPS) is 12.2. The molecule has 21 heavy (non-hydrogen) atoms. The van der Waals surface area contributed by atoms with Crippen LogP contribution in [0.3, 0.4) is 0 Å². The summed E-state index contributed by atoms with van der Waals surface area (Å²) in [5.74, 6) is 2.41. The van der Waals surface area contributed by atoms with Crippen molar-refractivity contribution in [3.63, 3.8) is 0 Å². The molecule has 0 radical (unpaired) electrons. The highest BCUT2D eigenvalue weighted by Crippen LogP contribution is 2.24. The lowest BCUT2D eigenvalue weighted by atomic mass is 10.1. The van der Waals surface area contributed by atoms with Crippen LogP contribution in [-0.2, 0) is 0 Å². The molecule has 0 saturated heterocycles. The maximum absolute atomic E-state index is 4.77. The Morgan fingerprint density at radius 3 is 2.62 bits per heavy atom. The van der Waals surface area contributed by atoms with Gasteiger partial charge in [0.25, 0.3) is 0 Å². The maximum atomic E-state index is 4.77. The van der Waals surface area contributed by atoms with E-state index in [1.165, 1.54) is 6.42 Å². The van der Waals surface area contributed by atoms with Crippen LogP contribution in [0.25, 0.3) is 11.4 Å². The van der Waals surface area contributed by atoms with Crippen molar-refractivity contribution in [2.24, 2.45) is 5.92 Å². The predicted molar refractivity (Wildman–Crippen MR) is 87.5 cm³/mol. The molecule has 0 aliphatic heterocycles. The summed E-state index contributed by atoms with van der Waals surface area (Å²) in [7, 11) is 2.11. The van der Waals surface area contributed by atoms with Gasteiger partial charge >= 0.3 is 0 Å². The molecule has 2 rings (SSSR count). The number of aromatic nitrogens is 3. The highest BCUT2D eigenvalue weighted by Gasteiger charge is 2.14. The highest BCUT2D eigenvalue weighted by molar-refractivity contribution is 5.59. The van der Waals surface area contributed by atoms with E-state index in [1.807, 2.05) is 25.3 Å². The van der Waals surface area contributed by atoms with E-state index in [0.717, 1.165) is 35.0 Å². The summed E-state index contributed by atoms with van der Waals surface area (Å²) in [6.45, 7) is 9.61. The molecule has 1 unspecified atom stereocenters. The van der Waals surface area contributed by atoms with E-state index in [9.17, 15) is 0 Å². The number of hydrogen-bond donors (Lipinski definition) is 0. The molecule has 4 nitrogen and oxygen atoms in total. The van der Waals surface area contributed by atoms with Crippen LogP contribution in [0.2, 0.25) is 0 Å². The van der Waals surface area contributed by atoms with E-state index in [-0.39, 0.29) is 0 Å². The van der Waals surface area contributed by atoms with Gasteiger partial charge in [-0.15, -0.1) is 0 Å². The molecule has 0 aliphatic rings. The Balaban J connectivity index is 2.39. The number of anilines is 1. The number of rotatable bonds is 5. The first-order valence-corrected chi connectivity index (χ1v) is 7.49. The lowest BCUT2D eigenvalue weighted by Crippen LogP contribution is -2.26. The second-order valence-electron chi connectivity index (χ2n) is 5.72. The molecule has 0 spiro atoms. The van der Waals surface area contributed by atoms with Crippen LogP contribution in [0.1, 0.15) is 31.5 Å². The second-order valence-corrected chi connectivity index (χ2v) is 5.72. The molecule has 0 N–H and O–H groups in total. The smallest absolute Gasteiger partial charge is 0.163 e. The molecule has 1 atom stereocenters. The van der Waals surface area contributed by atoms with E-state index in [0.29, 0.717) is 5.92 Å². The topological polar surface area (TPSA) is 41.9 Å². The summed E-state index contributed by atoms with van der Waals surface area (Å²) in [5.41, 5.74) is 3.13. The monoisotopic (exact) mass is 284 g/mol. The summed E-state index contributed by atoms with van der Waals surface area (Å²) in [4.78, 5) is 15.8. The minimum absolute atomic E-state index is 0.645. The van der Waals surface area contributed by atoms with Gasteiger partial charge in [0.05, 0.1) is 0 Å². The summed E-state index contributed by atoms with van der Waals surface area (Å²) in [6.07, 6.45) is 4.74. The highest BCUT2D eigenvalue weighted by atomic mass is 15.2. The van der Waals surface area contributed by atoms with Crippen molar-refractivity contribution in [1.82, 2.24) is 15.0 Å². The van der Waals surface area contributed by atoms with E-state index >= 15 is 0 Å². The van der Waals surface area contributed by atoms with Gasteiger partial charge in [0, 0.05) is 42.8 Å². The third kappa shape index (κ3) is 3.57. The Labute approximate surface area is 127 Å². The number of hydrogen-bond acceptors (Lipinski definition) is 4. The van der Waals surface area contributed by atoms with Crippen molar-refractivity contribution >= 4 is 5.82 Å². The van der Waals surface area contributed by atoms with Gasteiger partial charge < -0.3 is 4.90 Å². The van der Waals surface area contributed by atoms with Crippen molar-refractivity contribution in [2.45, 2.75) is 34.1 Å². The van der Waals surface area contributed by atoms with Gasteiger partial charge in [0.2, 0.25) is 0 Å². The molecule has 112 valence electrons.